The summed E-state index contributed by atoms with van der Waals surface area (Å²) in [6, 6.07) is 7.33. The first-order chi connectivity index (χ1) is 17.5. The van der Waals surface area contributed by atoms with E-state index in [0.29, 0.717) is 11.5 Å². The van der Waals surface area contributed by atoms with Crippen LogP contribution in [-0.2, 0) is 4.79 Å². The van der Waals surface area contributed by atoms with E-state index in [4.69, 9.17) is 4.11 Å². The Morgan fingerprint density at radius 1 is 1.24 bits per heavy atom. The zero-order valence-electron chi connectivity index (χ0n) is 22.0. The summed E-state index contributed by atoms with van der Waals surface area (Å²) in [7, 11) is 1.94. The predicted molar refractivity (Wildman–Crippen MR) is 129 cm³/mol. The van der Waals surface area contributed by atoms with E-state index in [1.165, 1.54) is 6.07 Å². The first kappa shape index (κ1) is 18.4. The van der Waals surface area contributed by atoms with E-state index >= 15 is 0 Å². The van der Waals surface area contributed by atoms with Crippen LogP contribution < -0.4 is 20.9 Å². The Morgan fingerprint density at radius 2 is 2.06 bits per heavy atom. The molecule has 0 unspecified atom stereocenters. The minimum Gasteiger partial charge on any atom is -0.364 e. The van der Waals surface area contributed by atoms with Crippen LogP contribution in [0.2, 0.25) is 0 Å². The number of nitrogens with one attached hydrogen (secondary N) is 3. The highest BCUT2D eigenvalue weighted by Crippen LogP contribution is 2.46. The van der Waals surface area contributed by atoms with Gasteiger partial charge in [-0.25, -0.2) is 4.98 Å². The van der Waals surface area contributed by atoms with Gasteiger partial charge in [0.1, 0.15) is 0 Å². The van der Waals surface area contributed by atoms with Crippen LogP contribution in [0.15, 0.2) is 30.5 Å². The van der Waals surface area contributed by atoms with E-state index in [1.54, 1.807) is 6.20 Å². The molecule has 0 radical (unpaired) electrons. The first-order valence-electron chi connectivity index (χ1n) is 12.5. The van der Waals surface area contributed by atoms with Gasteiger partial charge >= 0.3 is 0 Å². The van der Waals surface area contributed by atoms with Crippen molar-refractivity contribution in [2.45, 2.75) is 32.7 Å². The number of carbonyl (C=O) groups is 2. The Balaban J connectivity index is 1.60. The second kappa shape index (κ2) is 8.36. The highest BCUT2D eigenvalue weighted by atomic mass is 16.2. The van der Waals surface area contributed by atoms with Crippen LogP contribution in [0.5, 0.6) is 0 Å². The molecule has 0 saturated heterocycles. The maximum Gasteiger partial charge on any atom is 0.273 e. The van der Waals surface area contributed by atoms with Gasteiger partial charge in [0, 0.05) is 53.1 Å². The van der Waals surface area contributed by atoms with E-state index < -0.39 is 12.9 Å². The third-order valence-corrected chi connectivity index (χ3v) is 6.17. The molecule has 1 fully saturated rings. The Bertz CT molecular complexity index is 1410. The fraction of sp³-hybridized carbons (Fsp3) is 0.333. The van der Waals surface area contributed by atoms with Crippen molar-refractivity contribution in [2.24, 2.45) is 5.92 Å². The monoisotopic (exact) mass is 461 g/mol. The molecule has 2 aliphatic rings. The SMILES string of the molecule is [2H]C([2H])([2H])NC(=O)c1nnc(NC(=O)C2CC2)cc1Nc1nc(C)cc2c1N(C)[C@H](C)c1cccnc1-2. The summed E-state index contributed by atoms with van der Waals surface area (Å²) in [6.07, 6.45) is 3.36. The van der Waals surface area contributed by atoms with Gasteiger partial charge in [-0.2, -0.15) is 0 Å². The molecular formula is C24H26N8O2. The van der Waals surface area contributed by atoms with Crippen molar-refractivity contribution in [3.05, 3.63) is 47.4 Å². The second-order valence-corrected chi connectivity index (χ2v) is 8.57. The number of aryl methyl sites for hydroxylation is 1. The van der Waals surface area contributed by atoms with E-state index in [1.807, 2.05) is 37.5 Å². The average molecular weight is 462 g/mol. The van der Waals surface area contributed by atoms with E-state index in [9.17, 15) is 9.59 Å². The van der Waals surface area contributed by atoms with Crippen molar-refractivity contribution in [3.63, 3.8) is 0 Å². The third kappa shape index (κ3) is 3.81. The number of hydrogen-bond acceptors (Lipinski definition) is 8. The van der Waals surface area contributed by atoms with Crippen LogP contribution in [0.3, 0.4) is 0 Å². The molecule has 3 aromatic rings. The number of hydrogen-bond donors (Lipinski definition) is 3. The zero-order valence-corrected chi connectivity index (χ0v) is 19.0. The summed E-state index contributed by atoms with van der Waals surface area (Å²) in [5, 5.41) is 15.7. The number of aromatic nitrogens is 4. The maximum atomic E-state index is 12.8. The van der Waals surface area contributed by atoms with Gasteiger partial charge in [0.2, 0.25) is 5.91 Å². The predicted octanol–water partition coefficient (Wildman–Crippen LogP) is 3.20. The standard InChI is InChI=1S/C24H26N8O2/c1-12-10-16-19-15(6-5-9-26-19)13(2)32(4)21(16)22(27-12)28-17-11-18(29-23(33)14-7-8-14)30-31-20(17)24(34)25-3/h5-6,9-11,13-14H,7-8H2,1-4H3,(H,25,34)(H2,27,28,29,30,33)/t13-/m1/s1/i3D3. The van der Waals surface area contributed by atoms with Crippen LogP contribution in [0.4, 0.5) is 23.0 Å². The molecule has 1 atom stereocenters. The van der Waals surface area contributed by atoms with Gasteiger partial charge in [-0.15, -0.1) is 10.2 Å². The lowest BCUT2D eigenvalue weighted by Gasteiger charge is -2.36. The quantitative estimate of drug-likeness (QED) is 0.529. The molecule has 3 aromatic heterocycles. The lowest BCUT2D eigenvalue weighted by Crippen LogP contribution is -2.28. The molecule has 10 heteroatoms. The Hall–Kier alpha value is -4.08. The minimum atomic E-state index is -2.72. The topological polar surface area (TPSA) is 125 Å². The number of carbonyl (C=O) groups excluding carboxylic acids is 2. The number of rotatable bonds is 5. The first-order valence-corrected chi connectivity index (χ1v) is 11.0. The van der Waals surface area contributed by atoms with E-state index in [-0.39, 0.29) is 35.1 Å². The largest absolute Gasteiger partial charge is 0.364 e. The second-order valence-electron chi connectivity index (χ2n) is 8.57. The molecule has 1 aliphatic heterocycles. The lowest BCUT2D eigenvalue weighted by molar-refractivity contribution is -0.117. The zero-order chi connectivity index (χ0) is 26.5. The number of pyridine rings is 2. The Morgan fingerprint density at radius 3 is 2.82 bits per heavy atom. The molecule has 4 heterocycles. The molecule has 2 amide bonds. The van der Waals surface area contributed by atoms with Gasteiger partial charge < -0.3 is 20.9 Å². The lowest BCUT2D eigenvalue weighted by atomic mass is 9.93. The smallest absolute Gasteiger partial charge is 0.273 e. The van der Waals surface area contributed by atoms with Crippen LogP contribution >= 0.6 is 0 Å². The maximum absolute atomic E-state index is 12.8. The summed E-state index contributed by atoms with van der Waals surface area (Å²) in [5.41, 5.74) is 4.14. The van der Waals surface area contributed by atoms with Crippen LogP contribution in [0, 0.1) is 12.8 Å². The van der Waals surface area contributed by atoms with Gasteiger partial charge in [-0.05, 0) is 38.8 Å². The van der Waals surface area contributed by atoms with Gasteiger partial charge in [0.15, 0.2) is 17.3 Å². The van der Waals surface area contributed by atoms with Gasteiger partial charge in [0.25, 0.3) is 5.91 Å². The van der Waals surface area contributed by atoms with Crippen molar-refractivity contribution in [1.29, 1.82) is 0 Å². The van der Waals surface area contributed by atoms with Gasteiger partial charge in [-0.1, -0.05) is 6.07 Å². The number of fused-ring (bicyclic) bond motifs is 3. The fourth-order valence-corrected chi connectivity index (χ4v) is 4.15. The molecule has 0 aromatic carbocycles. The minimum absolute atomic E-state index is 0.0106. The summed E-state index contributed by atoms with van der Waals surface area (Å²) in [4.78, 5) is 36.5. The molecule has 34 heavy (non-hydrogen) atoms. The Labute approximate surface area is 201 Å². The third-order valence-electron chi connectivity index (χ3n) is 6.17. The van der Waals surface area contributed by atoms with Crippen molar-refractivity contribution in [1.82, 2.24) is 25.5 Å². The van der Waals surface area contributed by atoms with E-state index in [2.05, 4.69) is 42.6 Å². The van der Waals surface area contributed by atoms with Crippen LogP contribution in [0.1, 0.15) is 51.7 Å². The average Bonchev–Trinajstić information content (AvgIpc) is 3.67. The number of amides is 2. The van der Waals surface area contributed by atoms with Crippen LogP contribution in [0.25, 0.3) is 11.3 Å². The molecule has 3 N–H and O–H groups in total. The van der Waals surface area contributed by atoms with Crippen molar-refractivity contribution in [3.8, 4) is 11.3 Å². The highest BCUT2D eigenvalue weighted by molar-refractivity contribution is 6.00. The molecule has 0 bridgehead atoms. The van der Waals surface area contributed by atoms with Gasteiger partial charge in [-0.3, -0.25) is 14.6 Å². The summed E-state index contributed by atoms with van der Waals surface area (Å²) >= 11 is 0. The van der Waals surface area contributed by atoms with Crippen molar-refractivity contribution < 1.29 is 13.7 Å². The molecule has 5 rings (SSSR count). The Kier molecular flexibility index (Phi) is 4.52. The normalized spacial score (nSPS) is 18.0. The number of nitrogens with zero attached hydrogens (tertiary/aromatic N) is 5. The summed E-state index contributed by atoms with van der Waals surface area (Å²) in [6.45, 7) is 1.18. The summed E-state index contributed by atoms with van der Waals surface area (Å²) in [5.74, 6) is -0.617. The molecular weight excluding hydrogens is 432 g/mol. The van der Waals surface area contributed by atoms with E-state index in [0.717, 1.165) is 35.3 Å². The van der Waals surface area contributed by atoms with Crippen molar-refractivity contribution in [2.75, 3.05) is 29.6 Å². The summed E-state index contributed by atoms with van der Waals surface area (Å²) < 4.78 is 22.2. The van der Waals surface area contributed by atoms with Crippen molar-refractivity contribution >= 4 is 34.8 Å². The molecule has 174 valence electrons. The molecule has 10 nitrogen and oxygen atoms in total. The molecule has 0 spiro atoms. The number of anilines is 4. The highest BCUT2D eigenvalue weighted by Gasteiger charge is 2.32. The molecule has 1 aliphatic carbocycles. The molecule has 1 saturated carbocycles. The van der Waals surface area contributed by atoms with Gasteiger partial charge in [0.05, 0.1) is 23.1 Å². The van der Waals surface area contributed by atoms with Crippen LogP contribution in [-0.4, -0.2) is 46.0 Å². The fourth-order valence-electron chi connectivity index (χ4n) is 4.15.